The minimum absolute atomic E-state index is 0.305. The molecule has 1 saturated heterocycles. The number of hydrogen-bond donors (Lipinski definition) is 1. The van der Waals surface area contributed by atoms with Crippen LogP contribution in [0.4, 0.5) is 0 Å². The van der Waals surface area contributed by atoms with Crippen molar-refractivity contribution in [2.45, 2.75) is 6.54 Å². The Morgan fingerprint density at radius 1 is 1.60 bits per heavy atom. The molecule has 0 spiro atoms. The van der Waals surface area contributed by atoms with Crippen LogP contribution in [-0.2, 0) is 11.3 Å². The van der Waals surface area contributed by atoms with E-state index < -0.39 is 0 Å². The lowest BCUT2D eigenvalue weighted by Crippen LogP contribution is -2.48. The summed E-state index contributed by atoms with van der Waals surface area (Å²) in [5.41, 5.74) is -0.305. The van der Waals surface area contributed by atoms with Crippen molar-refractivity contribution in [2.24, 2.45) is 5.41 Å². The van der Waals surface area contributed by atoms with E-state index in [1.165, 1.54) is 4.88 Å². The molecule has 1 aromatic heterocycles. The van der Waals surface area contributed by atoms with Gasteiger partial charge in [0.05, 0.1) is 23.6 Å². The fourth-order valence-corrected chi connectivity index (χ4v) is 2.48. The van der Waals surface area contributed by atoms with Crippen molar-refractivity contribution in [2.75, 3.05) is 19.8 Å². The van der Waals surface area contributed by atoms with Crippen molar-refractivity contribution in [3.8, 4) is 6.07 Å². The first kappa shape index (κ1) is 10.9. The van der Waals surface area contributed by atoms with Crippen molar-refractivity contribution in [1.82, 2.24) is 5.32 Å². The summed E-state index contributed by atoms with van der Waals surface area (Å²) in [5, 5.41) is 12.2. The highest BCUT2D eigenvalue weighted by Gasteiger charge is 2.38. The summed E-state index contributed by atoms with van der Waals surface area (Å²) < 4.78 is 5.85. The zero-order valence-corrected chi connectivity index (χ0v) is 9.70. The molecule has 0 unspecified atom stereocenters. The van der Waals surface area contributed by atoms with Gasteiger partial charge in [-0.25, -0.2) is 0 Å². The fourth-order valence-electron chi connectivity index (χ4n) is 1.43. The summed E-state index contributed by atoms with van der Waals surface area (Å²) in [7, 11) is 0. The first-order chi connectivity index (χ1) is 7.24. The Morgan fingerprint density at radius 2 is 2.40 bits per heavy atom. The molecule has 2 heterocycles. The Bertz CT molecular complexity index is 381. The molecular weight excluding hydrogens is 232 g/mol. The molecule has 1 aliphatic rings. The number of thiophene rings is 1. The quantitative estimate of drug-likeness (QED) is 0.879. The van der Waals surface area contributed by atoms with Crippen molar-refractivity contribution in [3.63, 3.8) is 0 Å². The lowest BCUT2D eigenvalue weighted by molar-refractivity contribution is -0.0755. The first-order valence-corrected chi connectivity index (χ1v) is 5.87. The molecular formula is C10H11ClN2OS. The molecule has 1 aromatic rings. The lowest BCUT2D eigenvalue weighted by Gasteiger charge is -2.35. The smallest absolute Gasteiger partial charge is 0.116 e. The monoisotopic (exact) mass is 242 g/mol. The Hall–Kier alpha value is -0.600. The van der Waals surface area contributed by atoms with Crippen LogP contribution < -0.4 is 5.32 Å². The van der Waals surface area contributed by atoms with Crippen LogP contribution in [0.3, 0.4) is 0 Å². The van der Waals surface area contributed by atoms with Gasteiger partial charge in [0.1, 0.15) is 5.41 Å². The second kappa shape index (κ2) is 4.50. The first-order valence-electron chi connectivity index (χ1n) is 4.68. The standard InChI is InChI=1S/C10H11ClN2OS/c11-9-2-1-8(15-9)3-13-5-10(4-12)6-14-7-10/h1-2,13H,3,5-7H2. The van der Waals surface area contributed by atoms with E-state index in [4.69, 9.17) is 21.6 Å². The number of rotatable bonds is 4. The van der Waals surface area contributed by atoms with E-state index in [0.717, 1.165) is 10.9 Å². The van der Waals surface area contributed by atoms with E-state index in [9.17, 15) is 0 Å². The highest BCUT2D eigenvalue weighted by molar-refractivity contribution is 7.16. The minimum atomic E-state index is -0.305. The summed E-state index contributed by atoms with van der Waals surface area (Å²) in [4.78, 5) is 1.19. The fraction of sp³-hybridized carbons (Fsp3) is 0.500. The number of ether oxygens (including phenoxy) is 1. The second-order valence-electron chi connectivity index (χ2n) is 3.69. The maximum Gasteiger partial charge on any atom is 0.116 e. The maximum atomic E-state index is 8.95. The summed E-state index contributed by atoms with van der Waals surface area (Å²) >= 11 is 7.37. The number of nitriles is 1. The maximum absolute atomic E-state index is 8.95. The third-order valence-corrected chi connectivity index (χ3v) is 3.62. The van der Waals surface area contributed by atoms with Gasteiger partial charge in [-0.05, 0) is 12.1 Å². The van der Waals surface area contributed by atoms with Crippen LogP contribution >= 0.6 is 22.9 Å². The highest BCUT2D eigenvalue weighted by Crippen LogP contribution is 2.26. The van der Waals surface area contributed by atoms with E-state index >= 15 is 0 Å². The molecule has 5 heteroatoms. The van der Waals surface area contributed by atoms with Gasteiger partial charge in [0.25, 0.3) is 0 Å². The molecule has 3 nitrogen and oxygen atoms in total. The SMILES string of the molecule is N#CC1(CNCc2ccc(Cl)s2)COC1. The van der Waals surface area contributed by atoms with Crippen molar-refractivity contribution in [3.05, 3.63) is 21.3 Å². The third kappa shape index (κ3) is 2.50. The zero-order valence-electron chi connectivity index (χ0n) is 8.12. The number of hydrogen-bond acceptors (Lipinski definition) is 4. The Morgan fingerprint density at radius 3 is 2.87 bits per heavy atom. The van der Waals surface area contributed by atoms with Gasteiger partial charge in [0.15, 0.2) is 0 Å². The van der Waals surface area contributed by atoms with Gasteiger partial charge in [-0.15, -0.1) is 11.3 Å². The Labute approximate surface area is 97.6 Å². The average molecular weight is 243 g/mol. The van der Waals surface area contributed by atoms with Gasteiger partial charge in [0.2, 0.25) is 0 Å². The molecule has 0 saturated carbocycles. The molecule has 0 aliphatic carbocycles. The van der Waals surface area contributed by atoms with Gasteiger partial charge < -0.3 is 10.1 Å². The molecule has 80 valence electrons. The van der Waals surface area contributed by atoms with Crippen molar-refractivity contribution >= 4 is 22.9 Å². The average Bonchev–Trinajstić information content (AvgIpc) is 2.56. The molecule has 0 radical (unpaired) electrons. The van der Waals surface area contributed by atoms with Gasteiger partial charge in [-0.3, -0.25) is 0 Å². The predicted molar refractivity (Wildman–Crippen MR) is 59.9 cm³/mol. The van der Waals surface area contributed by atoms with Crippen LogP contribution in [0.2, 0.25) is 4.34 Å². The molecule has 0 bridgehead atoms. The number of nitrogens with one attached hydrogen (secondary N) is 1. The third-order valence-electron chi connectivity index (χ3n) is 2.39. The van der Waals surface area contributed by atoms with Gasteiger partial charge in [0, 0.05) is 18.0 Å². The van der Waals surface area contributed by atoms with Crippen LogP contribution in [0, 0.1) is 16.7 Å². The van der Waals surface area contributed by atoms with Crippen LogP contribution in [0.15, 0.2) is 12.1 Å². The van der Waals surface area contributed by atoms with E-state index in [0.29, 0.717) is 19.8 Å². The molecule has 0 atom stereocenters. The van der Waals surface area contributed by atoms with Gasteiger partial charge >= 0.3 is 0 Å². The number of nitrogens with zero attached hydrogens (tertiary/aromatic N) is 1. The van der Waals surface area contributed by atoms with Crippen molar-refractivity contribution < 1.29 is 4.74 Å². The lowest BCUT2D eigenvalue weighted by atomic mass is 9.88. The molecule has 2 rings (SSSR count). The van der Waals surface area contributed by atoms with Gasteiger partial charge in [-0.2, -0.15) is 5.26 Å². The Kier molecular flexibility index (Phi) is 3.27. The zero-order chi connectivity index (χ0) is 10.7. The second-order valence-corrected chi connectivity index (χ2v) is 5.49. The van der Waals surface area contributed by atoms with E-state index in [2.05, 4.69) is 11.4 Å². The largest absolute Gasteiger partial charge is 0.378 e. The molecule has 1 fully saturated rings. The molecule has 0 amide bonds. The summed E-state index contributed by atoms with van der Waals surface area (Å²) in [6.45, 7) is 2.53. The molecule has 0 aromatic carbocycles. The van der Waals surface area contributed by atoms with Crippen molar-refractivity contribution in [1.29, 1.82) is 5.26 Å². The normalized spacial score (nSPS) is 18.1. The summed E-state index contributed by atoms with van der Waals surface area (Å²) in [6, 6.07) is 6.18. The van der Waals surface area contributed by atoms with Crippen LogP contribution in [-0.4, -0.2) is 19.8 Å². The predicted octanol–water partition coefficient (Wildman–Crippen LogP) is 2.03. The van der Waals surface area contributed by atoms with Crippen LogP contribution in [0.25, 0.3) is 0 Å². The molecule has 1 aliphatic heterocycles. The topological polar surface area (TPSA) is 45.0 Å². The van der Waals surface area contributed by atoms with E-state index in [1.54, 1.807) is 11.3 Å². The molecule has 15 heavy (non-hydrogen) atoms. The van der Waals surface area contributed by atoms with Gasteiger partial charge in [-0.1, -0.05) is 11.6 Å². The molecule has 1 N–H and O–H groups in total. The highest BCUT2D eigenvalue weighted by atomic mass is 35.5. The van der Waals surface area contributed by atoms with Crippen LogP contribution in [0.5, 0.6) is 0 Å². The minimum Gasteiger partial charge on any atom is -0.378 e. The van der Waals surface area contributed by atoms with E-state index in [1.807, 2.05) is 12.1 Å². The Balaban J connectivity index is 1.78. The number of halogens is 1. The summed E-state index contributed by atoms with van der Waals surface area (Å²) in [6.07, 6.45) is 0. The van der Waals surface area contributed by atoms with Crippen LogP contribution in [0.1, 0.15) is 4.88 Å². The summed E-state index contributed by atoms with van der Waals surface area (Å²) in [5.74, 6) is 0. The van der Waals surface area contributed by atoms with E-state index in [-0.39, 0.29) is 5.41 Å².